The summed E-state index contributed by atoms with van der Waals surface area (Å²) in [7, 11) is 0. The Morgan fingerprint density at radius 3 is 3.44 bits per heavy atom. The molecule has 1 aliphatic heterocycles. The highest BCUT2D eigenvalue weighted by molar-refractivity contribution is 8.02. The van der Waals surface area contributed by atoms with Gasteiger partial charge in [-0.2, -0.15) is 0 Å². The summed E-state index contributed by atoms with van der Waals surface area (Å²) in [4.78, 5) is 0. The molecule has 9 heavy (non-hydrogen) atoms. The zero-order chi connectivity index (χ0) is 6.53. The van der Waals surface area contributed by atoms with Gasteiger partial charge in [0.1, 0.15) is 0 Å². The Bertz CT molecular complexity index is 101. The Hall–Kier alpha value is -0.110. The Morgan fingerprint density at radius 1 is 1.67 bits per heavy atom. The fourth-order valence-corrected chi connectivity index (χ4v) is 1.51. The van der Waals surface area contributed by atoms with Crippen LogP contribution in [0, 0.1) is 0 Å². The molecule has 0 aromatic rings. The molecular formula is C7H12OS. The van der Waals surface area contributed by atoms with E-state index in [1.807, 2.05) is 17.2 Å². The molecule has 1 rings (SSSR count). The molecule has 0 aliphatic carbocycles. The van der Waals surface area contributed by atoms with E-state index in [-0.39, 0.29) is 0 Å². The molecule has 1 nitrogen and oxygen atoms in total. The molecule has 1 atom stereocenters. The Labute approximate surface area is 60.5 Å². The highest BCUT2D eigenvalue weighted by Crippen LogP contribution is 2.18. The fourth-order valence-electron chi connectivity index (χ4n) is 0.796. The molecule has 0 bridgehead atoms. The predicted molar refractivity (Wildman–Crippen MR) is 41.4 cm³/mol. The van der Waals surface area contributed by atoms with Gasteiger partial charge in [0.25, 0.3) is 0 Å². The molecule has 0 fully saturated rings. The predicted octanol–water partition coefficient (Wildman–Crippen LogP) is 2.39. The van der Waals surface area contributed by atoms with Gasteiger partial charge in [0, 0.05) is 10.7 Å². The lowest BCUT2D eigenvalue weighted by Crippen LogP contribution is -1.99. The zero-order valence-electron chi connectivity index (χ0n) is 5.67. The van der Waals surface area contributed by atoms with Crippen LogP contribution >= 0.6 is 11.8 Å². The van der Waals surface area contributed by atoms with Crippen molar-refractivity contribution >= 4 is 11.8 Å². The minimum Gasteiger partial charge on any atom is -0.501 e. The van der Waals surface area contributed by atoms with Crippen LogP contribution in [0.1, 0.15) is 19.8 Å². The standard InChI is InChI=1S/C7H12OS/c1-7-3-2-4-8-5-6-9-7/h5-7H,2-4H2,1H3. The third-order valence-electron chi connectivity index (χ3n) is 1.34. The normalized spacial score (nSPS) is 28.3. The Kier molecular flexibility index (Phi) is 2.98. The average Bonchev–Trinajstić information content (AvgIpc) is 1.79. The largest absolute Gasteiger partial charge is 0.501 e. The first kappa shape index (κ1) is 7.00. The van der Waals surface area contributed by atoms with Crippen molar-refractivity contribution in [3.63, 3.8) is 0 Å². The molecule has 0 spiro atoms. The first-order chi connectivity index (χ1) is 4.39. The molecule has 0 N–H and O–H groups in total. The van der Waals surface area contributed by atoms with E-state index in [1.54, 1.807) is 6.26 Å². The van der Waals surface area contributed by atoms with Gasteiger partial charge in [0.05, 0.1) is 12.9 Å². The molecule has 2 heteroatoms. The van der Waals surface area contributed by atoms with Crippen LogP contribution in [-0.4, -0.2) is 11.9 Å². The highest BCUT2D eigenvalue weighted by Gasteiger charge is 2.01. The molecule has 1 unspecified atom stereocenters. The third kappa shape index (κ3) is 2.80. The number of thioether (sulfide) groups is 1. The summed E-state index contributed by atoms with van der Waals surface area (Å²) in [6, 6.07) is 0. The van der Waals surface area contributed by atoms with E-state index in [9.17, 15) is 0 Å². The first-order valence-corrected chi connectivity index (χ1v) is 4.26. The molecule has 0 radical (unpaired) electrons. The van der Waals surface area contributed by atoms with Crippen molar-refractivity contribution in [2.45, 2.75) is 25.0 Å². The van der Waals surface area contributed by atoms with Crippen molar-refractivity contribution in [2.24, 2.45) is 0 Å². The Balaban J connectivity index is 2.28. The van der Waals surface area contributed by atoms with Gasteiger partial charge in [-0.25, -0.2) is 0 Å². The fraction of sp³-hybridized carbons (Fsp3) is 0.714. The van der Waals surface area contributed by atoms with Crippen molar-refractivity contribution < 1.29 is 4.74 Å². The quantitative estimate of drug-likeness (QED) is 0.516. The first-order valence-electron chi connectivity index (χ1n) is 3.31. The summed E-state index contributed by atoms with van der Waals surface area (Å²) in [5.74, 6) is 0. The molecular weight excluding hydrogens is 132 g/mol. The number of hydrogen-bond acceptors (Lipinski definition) is 2. The van der Waals surface area contributed by atoms with E-state index in [2.05, 4.69) is 6.92 Å². The van der Waals surface area contributed by atoms with Gasteiger partial charge in [-0.1, -0.05) is 6.92 Å². The summed E-state index contributed by atoms with van der Waals surface area (Å²) in [6.07, 6.45) is 4.26. The summed E-state index contributed by atoms with van der Waals surface area (Å²) in [6.45, 7) is 3.14. The maximum Gasteiger partial charge on any atom is 0.0891 e. The monoisotopic (exact) mass is 144 g/mol. The third-order valence-corrected chi connectivity index (χ3v) is 2.30. The van der Waals surface area contributed by atoms with Gasteiger partial charge >= 0.3 is 0 Å². The van der Waals surface area contributed by atoms with Crippen LogP contribution in [0.3, 0.4) is 0 Å². The minimum absolute atomic E-state index is 0.769. The van der Waals surface area contributed by atoms with E-state index < -0.39 is 0 Å². The molecule has 0 saturated carbocycles. The second kappa shape index (κ2) is 3.83. The van der Waals surface area contributed by atoms with E-state index in [0.717, 1.165) is 11.9 Å². The maximum absolute atomic E-state index is 5.12. The molecule has 0 amide bonds. The van der Waals surface area contributed by atoms with Crippen LogP contribution in [-0.2, 0) is 4.74 Å². The summed E-state index contributed by atoms with van der Waals surface area (Å²) >= 11 is 1.85. The van der Waals surface area contributed by atoms with E-state index in [4.69, 9.17) is 4.74 Å². The molecule has 52 valence electrons. The lowest BCUT2D eigenvalue weighted by molar-refractivity contribution is 0.241. The van der Waals surface area contributed by atoms with Gasteiger partial charge in [-0.3, -0.25) is 0 Å². The molecule has 1 aliphatic rings. The average molecular weight is 144 g/mol. The van der Waals surface area contributed by atoms with Crippen molar-refractivity contribution in [3.8, 4) is 0 Å². The van der Waals surface area contributed by atoms with Crippen molar-refractivity contribution in [3.05, 3.63) is 11.7 Å². The lowest BCUT2D eigenvalue weighted by Gasteiger charge is -2.10. The van der Waals surface area contributed by atoms with Crippen LogP contribution < -0.4 is 0 Å². The summed E-state index contributed by atoms with van der Waals surface area (Å²) < 4.78 is 5.12. The minimum atomic E-state index is 0.769. The summed E-state index contributed by atoms with van der Waals surface area (Å²) in [5, 5.41) is 2.80. The van der Waals surface area contributed by atoms with E-state index in [1.165, 1.54) is 12.8 Å². The molecule has 1 heterocycles. The topological polar surface area (TPSA) is 9.23 Å². The van der Waals surface area contributed by atoms with Crippen LogP contribution in [0.2, 0.25) is 0 Å². The van der Waals surface area contributed by atoms with Crippen LogP contribution in [0.4, 0.5) is 0 Å². The van der Waals surface area contributed by atoms with Crippen LogP contribution in [0.5, 0.6) is 0 Å². The number of rotatable bonds is 0. The van der Waals surface area contributed by atoms with Crippen LogP contribution in [0.15, 0.2) is 11.7 Å². The second-order valence-corrected chi connectivity index (χ2v) is 3.58. The van der Waals surface area contributed by atoms with E-state index >= 15 is 0 Å². The highest BCUT2D eigenvalue weighted by atomic mass is 32.2. The van der Waals surface area contributed by atoms with Crippen LogP contribution in [0.25, 0.3) is 0 Å². The number of hydrogen-bond donors (Lipinski definition) is 0. The molecule has 0 aromatic carbocycles. The smallest absolute Gasteiger partial charge is 0.0891 e. The van der Waals surface area contributed by atoms with Crippen molar-refractivity contribution in [1.29, 1.82) is 0 Å². The molecule has 0 saturated heterocycles. The SMILES string of the molecule is CC1CCCOC=CS1. The van der Waals surface area contributed by atoms with E-state index in [0.29, 0.717) is 0 Å². The maximum atomic E-state index is 5.12. The van der Waals surface area contributed by atoms with Gasteiger partial charge in [0.2, 0.25) is 0 Å². The zero-order valence-corrected chi connectivity index (χ0v) is 6.49. The van der Waals surface area contributed by atoms with Crippen molar-refractivity contribution in [2.75, 3.05) is 6.61 Å². The second-order valence-electron chi connectivity index (χ2n) is 2.23. The van der Waals surface area contributed by atoms with Crippen molar-refractivity contribution in [1.82, 2.24) is 0 Å². The summed E-state index contributed by atoms with van der Waals surface area (Å²) in [5.41, 5.74) is 0. The number of ether oxygens (including phenoxy) is 1. The Morgan fingerprint density at radius 2 is 2.56 bits per heavy atom. The van der Waals surface area contributed by atoms with Gasteiger partial charge in [0.15, 0.2) is 0 Å². The van der Waals surface area contributed by atoms with Gasteiger partial charge in [-0.05, 0) is 12.8 Å². The lowest BCUT2D eigenvalue weighted by atomic mass is 10.2. The molecule has 0 aromatic heterocycles. The van der Waals surface area contributed by atoms with Gasteiger partial charge < -0.3 is 4.74 Å². The van der Waals surface area contributed by atoms with Gasteiger partial charge in [-0.15, -0.1) is 11.8 Å².